The van der Waals surface area contributed by atoms with Crippen LogP contribution in [-0.4, -0.2) is 0 Å². The SMILES string of the molecule is Cc1cc2c(cc1-c1scc[n+]1C)oc1c(-c3ccc4c(c3)C(C)(C)CCC4(C)C)cccc12. The topological polar surface area (TPSA) is 17.0 Å². The van der Waals surface area contributed by atoms with Gasteiger partial charge in [0.25, 0.3) is 5.01 Å². The van der Waals surface area contributed by atoms with Crippen molar-refractivity contribution in [1.82, 2.24) is 0 Å². The number of hydrogen-bond donors (Lipinski definition) is 0. The number of furan rings is 1. The Labute approximate surface area is 205 Å². The number of fused-ring (bicyclic) bond motifs is 4. The number of nitrogens with zero attached hydrogens (tertiary/aromatic N) is 1. The molecule has 172 valence electrons. The standard InChI is InChI=1S/C31H32NOS/c1-19-16-24-22-9-7-8-21(28(22)33-27(24)18-23(19)29-32(6)14-15-34-29)20-10-11-25-26(17-20)31(4,5)13-12-30(25,2)3/h7-11,14-18H,12-13H2,1-6H3/q+1. The van der Waals surface area contributed by atoms with Gasteiger partial charge in [-0.2, -0.15) is 4.57 Å². The van der Waals surface area contributed by atoms with Gasteiger partial charge in [0, 0.05) is 16.3 Å². The van der Waals surface area contributed by atoms with Gasteiger partial charge in [0.15, 0.2) is 6.20 Å². The molecule has 0 fully saturated rings. The zero-order valence-electron chi connectivity index (χ0n) is 21.0. The van der Waals surface area contributed by atoms with Gasteiger partial charge in [-0.25, -0.2) is 0 Å². The smallest absolute Gasteiger partial charge is 0.269 e. The maximum absolute atomic E-state index is 6.60. The van der Waals surface area contributed by atoms with Crippen LogP contribution in [0.1, 0.15) is 57.2 Å². The minimum absolute atomic E-state index is 0.185. The zero-order chi connectivity index (χ0) is 23.8. The highest BCUT2D eigenvalue weighted by Gasteiger charge is 2.37. The molecular weight excluding hydrogens is 434 g/mol. The van der Waals surface area contributed by atoms with Crippen molar-refractivity contribution in [2.75, 3.05) is 0 Å². The van der Waals surface area contributed by atoms with Crippen molar-refractivity contribution in [1.29, 1.82) is 0 Å². The number of hydrogen-bond acceptors (Lipinski definition) is 2. The van der Waals surface area contributed by atoms with Gasteiger partial charge in [-0.15, -0.1) is 0 Å². The Morgan fingerprint density at radius 1 is 0.853 bits per heavy atom. The molecule has 1 aliphatic rings. The van der Waals surface area contributed by atoms with Gasteiger partial charge < -0.3 is 4.42 Å². The molecule has 3 heteroatoms. The Balaban J connectivity index is 1.57. The van der Waals surface area contributed by atoms with Crippen LogP contribution in [0.2, 0.25) is 0 Å². The molecule has 0 bridgehead atoms. The first-order valence-corrected chi connectivity index (χ1v) is 13.1. The molecule has 0 aliphatic heterocycles. The number of rotatable bonds is 2. The maximum atomic E-state index is 6.60. The second-order valence-electron chi connectivity index (χ2n) is 11.3. The van der Waals surface area contributed by atoms with E-state index in [4.69, 9.17) is 4.42 Å². The third-order valence-electron chi connectivity index (χ3n) is 8.02. The van der Waals surface area contributed by atoms with Crippen molar-refractivity contribution >= 4 is 33.3 Å². The Morgan fingerprint density at radius 2 is 1.62 bits per heavy atom. The first kappa shape index (κ1) is 21.6. The monoisotopic (exact) mass is 466 g/mol. The van der Waals surface area contributed by atoms with E-state index in [2.05, 4.69) is 106 Å². The lowest BCUT2D eigenvalue weighted by molar-refractivity contribution is -0.655. The van der Waals surface area contributed by atoms with Crippen molar-refractivity contribution in [3.05, 3.63) is 76.8 Å². The van der Waals surface area contributed by atoms with Crippen molar-refractivity contribution in [2.45, 2.75) is 58.3 Å². The van der Waals surface area contributed by atoms with Crippen LogP contribution in [0.4, 0.5) is 0 Å². The van der Waals surface area contributed by atoms with E-state index in [0.717, 1.165) is 11.2 Å². The summed E-state index contributed by atoms with van der Waals surface area (Å²) in [5.74, 6) is 0. The van der Waals surface area contributed by atoms with Crippen molar-refractivity contribution in [3.63, 3.8) is 0 Å². The highest BCUT2D eigenvalue weighted by Crippen LogP contribution is 2.47. The summed E-state index contributed by atoms with van der Waals surface area (Å²) >= 11 is 1.77. The fraction of sp³-hybridized carbons (Fsp3) is 0.323. The minimum Gasteiger partial charge on any atom is -0.455 e. The van der Waals surface area contributed by atoms with Crippen LogP contribution in [-0.2, 0) is 17.9 Å². The number of para-hydroxylation sites is 1. The first-order chi connectivity index (χ1) is 16.2. The normalized spacial score (nSPS) is 16.8. The van der Waals surface area contributed by atoms with E-state index < -0.39 is 0 Å². The summed E-state index contributed by atoms with van der Waals surface area (Å²) in [5.41, 5.74) is 10.3. The van der Waals surface area contributed by atoms with Crippen molar-refractivity contribution in [2.24, 2.45) is 7.05 Å². The highest BCUT2D eigenvalue weighted by molar-refractivity contribution is 7.12. The summed E-state index contributed by atoms with van der Waals surface area (Å²) in [6.45, 7) is 11.7. The van der Waals surface area contributed by atoms with Crippen molar-refractivity contribution in [3.8, 4) is 21.7 Å². The fourth-order valence-electron chi connectivity index (χ4n) is 5.76. The van der Waals surface area contributed by atoms with E-state index in [1.54, 1.807) is 11.3 Å². The minimum atomic E-state index is 0.185. The molecule has 0 radical (unpaired) electrons. The summed E-state index contributed by atoms with van der Waals surface area (Å²) in [7, 11) is 2.10. The first-order valence-electron chi connectivity index (χ1n) is 12.2. The second kappa shape index (κ2) is 7.29. The summed E-state index contributed by atoms with van der Waals surface area (Å²) in [5, 5.41) is 5.76. The predicted octanol–water partition coefficient (Wildman–Crippen LogP) is 8.46. The molecule has 5 aromatic rings. The highest BCUT2D eigenvalue weighted by atomic mass is 32.1. The lowest BCUT2D eigenvalue weighted by atomic mass is 9.63. The molecule has 0 unspecified atom stereocenters. The van der Waals surface area contributed by atoms with E-state index in [9.17, 15) is 0 Å². The van der Waals surface area contributed by atoms with E-state index in [1.165, 1.54) is 62.0 Å². The molecule has 0 N–H and O–H groups in total. The van der Waals surface area contributed by atoms with Gasteiger partial charge in [-0.1, -0.05) is 75.4 Å². The Morgan fingerprint density at radius 3 is 2.35 bits per heavy atom. The molecular formula is C31H32NOS+. The molecule has 6 rings (SSSR count). The third kappa shape index (κ3) is 3.17. The van der Waals surface area contributed by atoms with Crippen LogP contribution in [0.25, 0.3) is 43.6 Å². The van der Waals surface area contributed by atoms with E-state index >= 15 is 0 Å². The molecule has 3 aromatic carbocycles. The number of thiazole rings is 1. The predicted molar refractivity (Wildman–Crippen MR) is 144 cm³/mol. The fourth-order valence-corrected chi connectivity index (χ4v) is 6.70. The van der Waals surface area contributed by atoms with Crippen LogP contribution in [0, 0.1) is 6.92 Å². The number of benzene rings is 3. The maximum Gasteiger partial charge on any atom is 0.269 e. The molecule has 2 nitrogen and oxygen atoms in total. The van der Waals surface area contributed by atoms with Crippen LogP contribution < -0.4 is 4.57 Å². The Hall–Kier alpha value is -2.91. The second-order valence-corrected chi connectivity index (χ2v) is 12.2. The molecule has 0 saturated carbocycles. The van der Waals surface area contributed by atoms with Gasteiger partial charge in [0.2, 0.25) is 0 Å². The average Bonchev–Trinajstić information content (AvgIpc) is 3.39. The van der Waals surface area contributed by atoms with Crippen molar-refractivity contribution < 1.29 is 8.98 Å². The average molecular weight is 467 g/mol. The van der Waals surface area contributed by atoms with Crippen LogP contribution in [0.3, 0.4) is 0 Å². The van der Waals surface area contributed by atoms with Crippen LogP contribution >= 0.6 is 11.3 Å². The molecule has 1 aliphatic carbocycles. The summed E-state index contributed by atoms with van der Waals surface area (Å²) in [6.07, 6.45) is 4.56. The van der Waals surface area contributed by atoms with Gasteiger partial charge in [0.1, 0.15) is 18.2 Å². The summed E-state index contributed by atoms with van der Waals surface area (Å²) < 4.78 is 8.79. The lowest BCUT2D eigenvalue weighted by Crippen LogP contribution is -2.33. The molecule has 34 heavy (non-hydrogen) atoms. The molecule has 0 spiro atoms. The zero-order valence-corrected chi connectivity index (χ0v) is 21.8. The summed E-state index contributed by atoms with van der Waals surface area (Å²) in [6, 6.07) is 18.2. The molecule has 0 saturated heterocycles. The van der Waals surface area contributed by atoms with E-state index in [0.29, 0.717) is 0 Å². The number of aryl methyl sites for hydroxylation is 2. The quantitative estimate of drug-likeness (QED) is 0.238. The molecule has 0 atom stereocenters. The summed E-state index contributed by atoms with van der Waals surface area (Å²) in [4.78, 5) is 0. The number of aromatic nitrogens is 1. The van der Waals surface area contributed by atoms with Crippen LogP contribution in [0.15, 0.2) is 64.5 Å². The van der Waals surface area contributed by atoms with Gasteiger partial charge in [0.05, 0.1) is 10.9 Å². The molecule has 0 amide bonds. The van der Waals surface area contributed by atoms with Gasteiger partial charge in [-0.3, -0.25) is 0 Å². The van der Waals surface area contributed by atoms with Crippen LogP contribution in [0.5, 0.6) is 0 Å². The Kier molecular flexibility index (Phi) is 4.64. The molecule has 2 aromatic heterocycles. The van der Waals surface area contributed by atoms with E-state index in [-0.39, 0.29) is 10.8 Å². The Bertz CT molecular complexity index is 1580. The van der Waals surface area contributed by atoms with Gasteiger partial charge >= 0.3 is 0 Å². The molecule has 2 heterocycles. The third-order valence-corrected chi connectivity index (χ3v) is 9.01. The largest absolute Gasteiger partial charge is 0.455 e. The van der Waals surface area contributed by atoms with E-state index in [1.807, 2.05) is 0 Å². The lowest BCUT2D eigenvalue weighted by Gasteiger charge is -2.42. The van der Waals surface area contributed by atoms with Gasteiger partial charge in [-0.05, 0) is 65.0 Å².